The highest BCUT2D eigenvalue weighted by molar-refractivity contribution is 6.01. The van der Waals surface area contributed by atoms with Gasteiger partial charge in [0.25, 0.3) is 0 Å². The molecule has 1 heterocycles. The Morgan fingerprint density at radius 1 is 1.33 bits per heavy atom. The van der Waals surface area contributed by atoms with E-state index in [9.17, 15) is 14.7 Å². The van der Waals surface area contributed by atoms with Crippen molar-refractivity contribution in [1.29, 1.82) is 0 Å². The average Bonchev–Trinajstić information content (AvgIpc) is 2.77. The molecule has 1 amide bonds. The number of benzene rings is 1. The quantitative estimate of drug-likeness (QED) is 0.882. The number of hydrogen-bond acceptors (Lipinski definition) is 3. The topological polar surface area (TPSA) is 84.2 Å². The summed E-state index contributed by atoms with van der Waals surface area (Å²) in [7, 11) is 0. The molecular formula is C15H19N3O3. The summed E-state index contributed by atoms with van der Waals surface area (Å²) in [6.45, 7) is 5.87. The van der Waals surface area contributed by atoms with Crippen molar-refractivity contribution in [1.82, 2.24) is 15.1 Å². The fourth-order valence-corrected chi connectivity index (χ4v) is 2.05. The Balaban J connectivity index is 2.31. The van der Waals surface area contributed by atoms with Crippen LogP contribution in [0.1, 0.15) is 37.7 Å². The minimum absolute atomic E-state index is 0.00275. The highest BCUT2D eigenvalue weighted by Crippen LogP contribution is 2.18. The molecule has 2 aromatic rings. The van der Waals surface area contributed by atoms with E-state index in [1.54, 1.807) is 24.3 Å². The monoisotopic (exact) mass is 289 g/mol. The highest BCUT2D eigenvalue weighted by Gasteiger charge is 2.21. The number of fused-ring (bicyclic) bond motifs is 1. The zero-order chi connectivity index (χ0) is 15.6. The number of para-hydroxylation sites is 1. The Kier molecular flexibility index (Phi) is 3.97. The zero-order valence-electron chi connectivity index (χ0n) is 12.4. The van der Waals surface area contributed by atoms with E-state index in [2.05, 4.69) is 10.4 Å². The molecule has 0 aliphatic heterocycles. The molecule has 2 N–H and O–H groups in total. The van der Waals surface area contributed by atoms with Crippen LogP contribution in [0, 0.1) is 0 Å². The summed E-state index contributed by atoms with van der Waals surface area (Å²) < 4.78 is 1.43. The zero-order valence-corrected chi connectivity index (χ0v) is 12.4. The fraction of sp³-hybridized carbons (Fsp3) is 0.400. The standard InChI is InChI=1S/C15H19N3O3/c1-4-15(2,3)16-12(19)9-18-11-8-6-5-7-10(11)13(17-18)14(20)21/h5-8H,4,9H2,1-3H3,(H,16,19)(H,20,21). The lowest BCUT2D eigenvalue weighted by Gasteiger charge is -2.24. The molecule has 0 aliphatic carbocycles. The van der Waals surface area contributed by atoms with Crippen molar-refractivity contribution in [2.75, 3.05) is 0 Å². The molecule has 0 fully saturated rings. The van der Waals surface area contributed by atoms with Gasteiger partial charge in [-0.1, -0.05) is 25.1 Å². The summed E-state index contributed by atoms with van der Waals surface area (Å²) in [5, 5.41) is 16.7. The van der Waals surface area contributed by atoms with E-state index in [-0.39, 0.29) is 23.7 Å². The van der Waals surface area contributed by atoms with Gasteiger partial charge in [-0.2, -0.15) is 5.10 Å². The lowest BCUT2D eigenvalue weighted by atomic mass is 10.0. The van der Waals surface area contributed by atoms with Crippen LogP contribution in [0.3, 0.4) is 0 Å². The number of carbonyl (C=O) groups excluding carboxylic acids is 1. The number of rotatable bonds is 5. The second-order valence-corrected chi connectivity index (χ2v) is 5.61. The van der Waals surface area contributed by atoms with E-state index in [4.69, 9.17) is 0 Å². The van der Waals surface area contributed by atoms with Crippen molar-refractivity contribution in [3.8, 4) is 0 Å². The van der Waals surface area contributed by atoms with Gasteiger partial charge in [0.1, 0.15) is 6.54 Å². The lowest BCUT2D eigenvalue weighted by molar-refractivity contribution is -0.123. The summed E-state index contributed by atoms with van der Waals surface area (Å²) >= 11 is 0. The van der Waals surface area contributed by atoms with Crippen molar-refractivity contribution >= 4 is 22.8 Å². The Morgan fingerprint density at radius 3 is 2.62 bits per heavy atom. The molecule has 1 aromatic carbocycles. The molecular weight excluding hydrogens is 270 g/mol. The van der Waals surface area contributed by atoms with Gasteiger partial charge in [0.2, 0.25) is 5.91 Å². The molecule has 112 valence electrons. The smallest absolute Gasteiger partial charge is 0.357 e. The molecule has 21 heavy (non-hydrogen) atoms. The van der Waals surface area contributed by atoms with Gasteiger partial charge < -0.3 is 10.4 Å². The summed E-state index contributed by atoms with van der Waals surface area (Å²) in [4.78, 5) is 23.3. The number of aromatic carboxylic acids is 1. The van der Waals surface area contributed by atoms with Crippen molar-refractivity contribution in [3.63, 3.8) is 0 Å². The Morgan fingerprint density at radius 2 is 2.00 bits per heavy atom. The Bertz CT molecular complexity index is 689. The summed E-state index contributed by atoms with van der Waals surface area (Å²) in [5.74, 6) is -1.29. The van der Waals surface area contributed by atoms with Crippen molar-refractivity contribution in [3.05, 3.63) is 30.0 Å². The molecule has 0 atom stereocenters. The number of nitrogens with one attached hydrogen (secondary N) is 1. The normalized spacial score (nSPS) is 11.6. The number of amides is 1. The van der Waals surface area contributed by atoms with Crippen LogP contribution in [-0.4, -0.2) is 32.3 Å². The second kappa shape index (κ2) is 5.55. The summed E-state index contributed by atoms with van der Waals surface area (Å²) in [6.07, 6.45) is 0.805. The molecule has 0 unspecified atom stereocenters. The first-order chi connectivity index (χ1) is 9.84. The first-order valence-corrected chi connectivity index (χ1v) is 6.84. The van der Waals surface area contributed by atoms with Gasteiger partial charge in [-0.25, -0.2) is 4.79 Å². The van der Waals surface area contributed by atoms with Gasteiger partial charge in [-0.05, 0) is 26.3 Å². The van der Waals surface area contributed by atoms with E-state index in [1.165, 1.54) is 4.68 Å². The van der Waals surface area contributed by atoms with Crippen LogP contribution in [0.15, 0.2) is 24.3 Å². The maximum Gasteiger partial charge on any atom is 0.357 e. The van der Waals surface area contributed by atoms with Gasteiger partial charge >= 0.3 is 5.97 Å². The van der Waals surface area contributed by atoms with E-state index in [1.807, 2.05) is 20.8 Å². The maximum atomic E-state index is 12.1. The molecule has 0 saturated heterocycles. The summed E-state index contributed by atoms with van der Waals surface area (Å²) in [6, 6.07) is 6.99. The third kappa shape index (κ3) is 3.21. The first kappa shape index (κ1) is 15.0. The van der Waals surface area contributed by atoms with Gasteiger partial charge in [-0.15, -0.1) is 0 Å². The molecule has 1 aromatic heterocycles. The molecule has 0 spiro atoms. The van der Waals surface area contributed by atoms with Gasteiger partial charge in [-0.3, -0.25) is 9.48 Å². The van der Waals surface area contributed by atoms with Crippen LogP contribution in [-0.2, 0) is 11.3 Å². The fourth-order valence-electron chi connectivity index (χ4n) is 2.05. The number of carboxylic acid groups (broad SMARTS) is 1. The van der Waals surface area contributed by atoms with Crippen molar-refractivity contribution in [2.45, 2.75) is 39.3 Å². The molecule has 0 aliphatic rings. The third-order valence-electron chi connectivity index (χ3n) is 3.52. The van der Waals surface area contributed by atoms with E-state index in [0.29, 0.717) is 10.9 Å². The molecule has 6 nitrogen and oxygen atoms in total. The van der Waals surface area contributed by atoms with E-state index >= 15 is 0 Å². The lowest BCUT2D eigenvalue weighted by Crippen LogP contribution is -2.44. The SMILES string of the molecule is CCC(C)(C)NC(=O)Cn1nc(C(=O)O)c2ccccc21. The van der Waals surface area contributed by atoms with Crippen molar-refractivity contribution < 1.29 is 14.7 Å². The van der Waals surface area contributed by atoms with Crippen LogP contribution < -0.4 is 5.32 Å². The number of hydrogen-bond donors (Lipinski definition) is 2. The number of carbonyl (C=O) groups is 2. The largest absolute Gasteiger partial charge is 0.476 e. The molecule has 2 rings (SSSR count). The predicted molar refractivity (Wildman–Crippen MR) is 79.2 cm³/mol. The van der Waals surface area contributed by atoms with Crippen molar-refractivity contribution in [2.24, 2.45) is 0 Å². The Labute approximate surface area is 122 Å². The molecule has 0 bridgehead atoms. The molecule has 6 heteroatoms. The van der Waals surface area contributed by atoms with Gasteiger partial charge in [0.05, 0.1) is 5.52 Å². The highest BCUT2D eigenvalue weighted by atomic mass is 16.4. The predicted octanol–water partition coefficient (Wildman–Crippen LogP) is 2.04. The molecule has 0 radical (unpaired) electrons. The minimum atomic E-state index is -1.10. The van der Waals surface area contributed by atoms with Crippen LogP contribution in [0.25, 0.3) is 10.9 Å². The number of nitrogens with zero attached hydrogens (tertiary/aromatic N) is 2. The Hall–Kier alpha value is -2.37. The van der Waals surface area contributed by atoms with Crippen LogP contribution in [0.5, 0.6) is 0 Å². The van der Waals surface area contributed by atoms with Gasteiger partial charge in [0, 0.05) is 10.9 Å². The van der Waals surface area contributed by atoms with Crippen LogP contribution >= 0.6 is 0 Å². The van der Waals surface area contributed by atoms with Crippen LogP contribution in [0.4, 0.5) is 0 Å². The van der Waals surface area contributed by atoms with E-state index < -0.39 is 5.97 Å². The average molecular weight is 289 g/mol. The second-order valence-electron chi connectivity index (χ2n) is 5.61. The first-order valence-electron chi connectivity index (χ1n) is 6.84. The van der Waals surface area contributed by atoms with E-state index in [0.717, 1.165) is 6.42 Å². The third-order valence-corrected chi connectivity index (χ3v) is 3.52. The number of carboxylic acids is 1. The van der Waals surface area contributed by atoms with Gasteiger partial charge in [0.15, 0.2) is 5.69 Å². The molecule has 0 saturated carbocycles. The summed E-state index contributed by atoms with van der Waals surface area (Å²) in [5.41, 5.74) is 0.308. The van der Waals surface area contributed by atoms with Crippen LogP contribution in [0.2, 0.25) is 0 Å². The minimum Gasteiger partial charge on any atom is -0.476 e. The maximum absolute atomic E-state index is 12.1. The number of aromatic nitrogens is 2.